The third kappa shape index (κ3) is 3.56. The Morgan fingerprint density at radius 3 is 2.59 bits per heavy atom. The Balaban J connectivity index is 0.00000176. The van der Waals surface area contributed by atoms with Gasteiger partial charge >= 0.3 is 0 Å². The highest BCUT2D eigenvalue weighted by Crippen LogP contribution is 2.20. The number of carbonyl (C=O) groups excluding carboxylic acids is 1. The average molecular weight is 332 g/mol. The van der Waals surface area contributed by atoms with Crippen LogP contribution in [-0.4, -0.2) is 61.0 Å². The zero-order valence-corrected chi connectivity index (χ0v) is 13.0. The maximum absolute atomic E-state index is 13.7. The Morgan fingerprint density at radius 2 is 1.91 bits per heavy atom. The number of piperazine rings is 1. The lowest BCUT2D eigenvalue weighted by atomic mass is 10.2. The number of benzene rings is 1. The minimum atomic E-state index is -0.786. The average Bonchev–Trinajstić information content (AvgIpc) is 2.97. The molecule has 0 saturated carbocycles. The van der Waals surface area contributed by atoms with E-state index in [4.69, 9.17) is 0 Å². The topological polar surface area (TPSA) is 35.6 Å². The fourth-order valence-corrected chi connectivity index (χ4v) is 3.10. The first-order valence-corrected chi connectivity index (χ1v) is 7.34. The van der Waals surface area contributed by atoms with Crippen molar-refractivity contribution >= 4 is 18.3 Å². The van der Waals surface area contributed by atoms with Crippen molar-refractivity contribution in [3.05, 3.63) is 35.4 Å². The SMILES string of the molecule is Cl.O=C(c1ccc(F)cc1F)N1CCC(N2CCNCC2)C1. The molecule has 1 unspecified atom stereocenters. The molecule has 1 atom stereocenters. The van der Waals surface area contributed by atoms with Crippen molar-refractivity contribution < 1.29 is 13.6 Å². The Morgan fingerprint density at radius 1 is 1.18 bits per heavy atom. The molecule has 2 saturated heterocycles. The summed E-state index contributed by atoms with van der Waals surface area (Å²) in [6, 6.07) is 3.46. The van der Waals surface area contributed by atoms with Crippen LogP contribution in [-0.2, 0) is 0 Å². The van der Waals surface area contributed by atoms with Gasteiger partial charge in [-0.05, 0) is 18.6 Å². The third-order valence-electron chi connectivity index (χ3n) is 4.28. The van der Waals surface area contributed by atoms with Crippen molar-refractivity contribution in [1.82, 2.24) is 15.1 Å². The summed E-state index contributed by atoms with van der Waals surface area (Å²) >= 11 is 0. The summed E-state index contributed by atoms with van der Waals surface area (Å²) in [7, 11) is 0. The van der Waals surface area contributed by atoms with E-state index < -0.39 is 11.6 Å². The summed E-state index contributed by atoms with van der Waals surface area (Å²) in [5.41, 5.74) is -0.0441. The van der Waals surface area contributed by atoms with Crippen LogP contribution in [0, 0.1) is 11.6 Å². The number of amides is 1. The summed E-state index contributed by atoms with van der Waals surface area (Å²) < 4.78 is 26.6. The molecular weight excluding hydrogens is 312 g/mol. The lowest BCUT2D eigenvalue weighted by Gasteiger charge is -2.32. The van der Waals surface area contributed by atoms with Crippen molar-refractivity contribution in [3.63, 3.8) is 0 Å². The number of nitrogens with zero attached hydrogens (tertiary/aromatic N) is 2. The fourth-order valence-electron chi connectivity index (χ4n) is 3.10. The Bertz CT molecular complexity index is 538. The highest BCUT2D eigenvalue weighted by molar-refractivity contribution is 5.94. The van der Waals surface area contributed by atoms with E-state index in [-0.39, 0.29) is 23.9 Å². The molecule has 22 heavy (non-hydrogen) atoms. The molecule has 2 heterocycles. The van der Waals surface area contributed by atoms with Crippen LogP contribution in [0.3, 0.4) is 0 Å². The summed E-state index contributed by atoms with van der Waals surface area (Å²) in [4.78, 5) is 16.4. The van der Waals surface area contributed by atoms with Gasteiger partial charge in [-0.1, -0.05) is 0 Å². The van der Waals surface area contributed by atoms with Gasteiger partial charge < -0.3 is 10.2 Å². The standard InChI is InChI=1S/C15H19F2N3O.ClH/c16-11-1-2-13(14(17)9-11)15(21)20-6-3-12(10-20)19-7-4-18-5-8-19;/h1-2,9,12,18H,3-8,10H2;1H. The van der Waals surface area contributed by atoms with Gasteiger partial charge in [0.15, 0.2) is 0 Å². The minimum Gasteiger partial charge on any atom is -0.337 e. The van der Waals surface area contributed by atoms with Crippen LogP contribution in [0.25, 0.3) is 0 Å². The van der Waals surface area contributed by atoms with Gasteiger partial charge in [-0.15, -0.1) is 12.4 Å². The highest BCUT2D eigenvalue weighted by atomic mass is 35.5. The van der Waals surface area contributed by atoms with E-state index in [1.54, 1.807) is 4.90 Å². The molecule has 1 aromatic rings. The van der Waals surface area contributed by atoms with Gasteiger partial charge in [0.1, 0.15) is 11.6 Å². The number of hydrogen-bond acceptors (Lipinski definition) is 3. The molecule has 3 rings (SSSR count). The molecule has 1 amide bonds. The highest BCUT2D eigenvalue weighted by Gasteiger charge is 2.32. The zero-order chi connectivity index (χ0) is 14.8. The first kappa shape index (κ1) is 17.1. The summed E-state index contributed by atoms with van der Waals surface area (Å²) in [5, 5.41) is 3.30. The Kier molecular flexibility index (Phi) is 5.72. The molecule has 0 radical (unpaired) electrons. The van der Waals surface area contributed by atoms with Gasteiger partial charge in [-0.25, -0.2) is 8.78 Å². The molecule has 122 valence electrons. The largest absolute Gasteiger partial charge is 0.337 e. The van der Waals surface area contributed by atoms with Crippen LogP contribution < -0.4 is 5.32 Å². The van der Waals surface area contributed by atoms with E-state index in [1.165, 1.54) is 6.07 Å². The van der Waals surface area contributed by atoms with Gasteiger partial charge in [0.05, 0.1) is 5.56 Å². The van der Waals surface area contributed by atoms with Gasteiger partial charge in [-0.3, -0.25) is 9.69 Å². The number of halogens is 3. The molecule has 0 spiro atoms. The van der Waals surface area contributed by atoms with Crippen molar-refractivity contribution in [2.75, 3.05) is 39.3 Å². The number of rotatable bonds is 2. The first-order chi connectivity index (χ1) is 10.1. The van der Waals surface area contributed by atoms with E-state index >= 15 is 0 Å². The third-order valence-corrected chi connectivity index (χ3v) is 4.28. The maximum Gasteiger partial charge on any atom is 0.256 e. The monoisotopic (exact) mass is 331 g/mol. The smallest absolute Gasteiger partial charge is 0.256 e. The lowest BCUT2D eigenvalue weighted by molar-refractivity contribution is 0.0769. The van der Waals surface area contributed by atoms with Crippen LogP contribution in [0.2, 0.25) is 0 Å². The van der Waals surface area contributed by atoms with Crippen LogP contribution >= 0.6 is 12.4 Å². The molecule has 7 heteroatoms. The van der Waals surface area contributed by atoms with Crippen LogP contribution in [0.1, 0.15) is 16.8 Å². The maximum atomic E-state index is 13.7. The van der Waals surface area contributed by atoms with Crippen molar-refractivity contribution in [1.29, 1.82) is 0 Å². The molecule has 2 aliphatic heterocycles. The van der Waals surface area contributed by atoms with Gasteiger partial charge in [0.25, 0.3) is 5.91 Å². The van der Waals surface area contributed by atoms with Crippen LogP contribution in [0.4, 0.5) is 8.78 Å². The molecule has 2 aliphatic rings. The van der Waals surface area contributed by atoms with Gasteiger partial charge in [-0.2, -0.15) is 0 Å². The van der Waals surface area contributed by atoms with Crippen molar-refractivity contribution in [2.24, 2.45) is 0 Å². The molecule has 0 aliphatic carbocycles. The fraction of sp³-hybridized carbons (Fsp3) is 0.533. The van der Waals surface area contributed by atoms with Crippen LogP contribution in [0.5, 0.6) is 0 Å². The van der Waals surface area contributed by atoms with E-state index in [0.29, 0.717) is 19.1 Å². The zero-order valence-electron chi connectivity index (χ0n) is 12.2. The minimum absolute atomic E-state index is 0. The predicted molar refractivity (Wildman–Crippen MR) is 82.4 cm³/mol. The van der Waals surface area contributed by atoms with Gasteiger partial charge in [0, 0.05) is 51.4 Å². The van der Waals surface area contributed by atoms with E-state index in [2.05, 4.69) is 10.2 Å². The van der Waals surface area contributed by atoms with Crippen molar-refractivity contribution in [2.45, 2.75) is 12.5 Å². The molecular formula is C15H20ClF2N3O. The lowest BCUT2D eigenvalue weighted by Crippen LogP contribution is -2.49. The number of hydrogen-bond donors (Lipinski definition) is 1. The molecule has 0 aromatic heterocycles. The Hall–Kier alpha value is -1.24. The van der Waals surface area contributed by atoms with Gasteiger partial charge in [0.2, 0.25) is 0 Å². The Labute approximate surface area is 134 Å². The molecule has 4 nitrogen and oxygen atoms in total. The number of carbonyl (C=O) groups is 1. The second kappa shape index (κ2) is 7.35. The normalized spacial score (nSPS) is 22.5. The van der Waals surface area contributed by atoms with E-state index in [0.717, 1.165) is 44.7 Å². The van der Waals surface area contributed by atoms with Crippen LogP contribution in [0.15, 0.2) is 18.2 Å². The first-order valence-electron chi connectivity index (χ1n) is 7.34. The predicted octanol–water partition coefficient (Wildman–Crippen LogP) is 1.51. The van der Waals surface area contributed by atoms with E-state index in [1.807, 2.05) is 0 Å². The molecule has 1 N–H and O–H groups in total. The summed E-state index contributed by atoms with van der Waals surface area (Å²) in [6.45, 7) is 5.16. The number of nitrogens with one attached hydrogen (secondary N) is 1. The molecule has 0 bridgehead atoms. The molecule has 1 aromatic carbocycles. The quantitative estimate of drug-likeness (QED) is 0.892. The molecule has 2 fully saturated rings. The number of likely N-dealkylation sites (tertiary alicyclic amines) is 1. The summed E-state index contributed by atoms with van der Waals surface area (Å²) in [5.74, 6) is -1.79. The summed E-state index contributed by atoms with van der Waals surface area (Å²) in [6.07, 6.45) is 0.911. The second-order valence-electron chi connectivity index (χ2n) is 5.60. The second-order valence-corrected chi connectivity index (χ2v) is 5.60. The van der Waals surface area contributed by atoms with E-state index in [9.17, 15) is 13.6 Å². The van der Waals surface area contributed by atoms with Crippen molar-refractivity contribution in [3.8, 4) is 0 Å².